The van der Waals surface area contributed by atoms with Gasteiger partial charge in [0.1, 0.15) is 11.6 Å². The molecule has 4 nitrogen and oxygen atoms in total. The minimum Gasteiger partial charge on any atom is -0.430 e. The monoisotopic (exact) mass is 292 g/mol. The van der Waals surface area contributed by atoms with Crippen molar-refractivity contribution in [3.8, 4) is 10.9 Å². The maximum absolute atomic E-state index is 5.86. The number of methoxy groups -OCH3 is 1. The van der Waals surface area contributed by atoms with E-state index in [1.54, 1.807) is 7.11 Å². The molecule has 0 spiro atoms. The average molecular weight is 292 g/mol. The van der Waals surface area contributed by atoms with Crippen LogP contribution in [0.15, 0.2) is 18.2 Å². The van der Waals surface area contributed by atoms with Crippen LogP contribution in [0.4, 0.5) is 0 Å². The van der Waals surface area contributed by atoms with E-state index in [0.717, 1.165) is 17.1 Å². The Morgan fingerprint density at radius 3 is 2.80 bits per heavy atom. The van der Waals surface area contributed by atoms with Crippen molar-refractivity contribution in [3.63, 3.8) is 0 Å². The summed E-state index contributed by atoms with van der Waals surface area (Å²) in [7, 11) is 1.67. The Morgan fingerprint density at radius 1 is 1.30 bits per heavy atom. The van der Waals surface area contributed by atoms with Crippen LogP contribution in [0.3, 0.4) is 0 Å². The molecule has 0 bridgehead atoms. The molecule has 2 rings (SSSR count). The highest BCUT2D eigenvalue weighted by atomic mass is 32.1. The van der Waals surface area contributed by atoms with E-state index in [9.17, 15) is 0 Å². The van der Waals surface area contributed by atoms with Crippen molar-refractivity contribution in [2.45, 2.75) is 33.1 Å². The van der Waals surface area contributed by atoms with Crippen LogP contribution in [0.25, 0.3) is 0 Å². The summed E-state index contributed by atoms with van der Waals surface area (Å²) >= 11 is 1.28. The molecule has 0 aliphatic heterocycles. The smallest absolute Gasteiger partial charge is 0.298 e. The number of hydrogen-bond donors (Lipinski definition) is 0. The Bertz CT molecular complexity index is 567. The second-order valence-corrected chi connectivity index (χ2v) is 5.72. The lowest BCUT2D eigenvalue weighted by molar-refractivity contribution is 0.200. The van der Waals surface area contributed by atoms with Gasteiger partial charge in [0.15, 0.2) is 0 Å². The number of nitrogens with zero attached hydrogens (tertiary/aromatic N) is 2. The van der Waals surface area contributed by atoms with Gasteiger partial charge >= 0.3 is 0 Å². The fraction of sp³-hybridized carbons (Fsp3) is 0.467. The molecular formula is C15H20N2O2S. The number of aryl methyl sites for hydroxylation is 1. The van der Waals surface area contributed by atoms with Gasteiger partial charge in [-0.05, 0) is 30.0 Å². The second kappa shape index (κ2) is 6.81. The quantitative estimate of drug-likeness (QED) is 0.808. The first-order valence-corrected chi connectivity index (χ1v) is 7.47. The molecule has 0 fully saturated rings. The third-order valence-corrected chi connectivity index (χ3v) is 3.69. The van der Waals surface area contributed by atoms with Crippen molar-refractivity contribution >= 4 is 11.5 Å². The van der Waals surface area contributed by atoms with Gasteiger partial charge in [0, 0.05) is 25.1 Å². The maximum atomic E-state index is 5.86. The lowest BCUT2D eigenvalue weighted by atomic mass is 10.0. The highest BCUT2D eigenvalue weighted by Gasteiger charge is 2.10. The summed E-state index contributed by atoms with van der Waals surface area (Å²) in [4.78, 5) is 4.36. The predicted molar refractivity (Wildman–Crippen MR) is 80.8 cm³/mol. The molecule has 0 saturated carbocycles. The first-order chi connectivity index (χ1) is 9.60. The number of rotatable bonds is 6. The van der Waals surface area contributed by atoms with Crippen molar-refractivity contribution in [2.75, 3.05) is 13.7 Å². The zero-order valence-corrected chi connectivity index (χ0v) is 13.2. The topological polar surface area (TPSA) is 44.2 Å². The summed E-state index contributed by atoms with van der Waals surface area (Å²) in [6.45, 7) is 6.99. The summed E-state index contributed by atoms with van der Waals surface area (Å²) in [6, 6.07) is 6.30. The standard InChI is InChI=1S/C15H20N2O2S/c1-10(2)12-6-5-11(3)13(9-12)19-15-16-14(17-20-15)7-8-18-4/h5-6,9-10H,7-8H2,1-4H3. The molecule has 1 aromatic heterocycles. The summed E-state index contributed by atoms with van der Waals surface area (Å²) in [6.07, 6.45) is 0.710. The molecule has 0 aliphatic carbocycles. The Balaban J connectivity index is 2.12. The van der Waals surface area contributed by atoms with E-state index in [1.807, 2.05) is 6.92 Å². The molecule has 0 atom stereocenters. The SMILES string of the molecule is COCCc1nsc(Oc2cc(C(C)C)ccc2C)n1. The van der Waals surface area contributed by atoms with E-state index in [2.05, 4.69) is 41.4 Å². The van der Waals surface area contributed by atoms with Crippen LogP contribution < -0.4 is 4.74 Å². The van der Waals surface area contributed by atoms with Crippen LogP contribution >= 0.6 is 11.5 Å². The van der Waals surface area contributed by atoms with Crippen molar-refractivity contribution in [1.82, 2.24) is 9.36 Å². The van der Waals surface area contributed by atoms with Gasteiger partial charge in [-0.3, -0.25) is 0 Å². The third-order valence-electron chi connectivity index (χ3n) is 3.06. The van der Waals surface area contributed by atoms with Crippen molar-refractivity contribution in [2.24, 2.45) is 0 Å². The van der Waals surface area contributed by atoms with E-state index < -0.39 is 0 Å². The fourth-order valence-corrected chi connectivity index (χ4v) is 2.34. The number of aromatic nitrogens is 2. The van der Waals surface area contributed by atoms with Gasteiger partial charge < -0.3 is 9.47 Å². The number of benzene rings is 1. The first-order valence-electron chi connectivity index (χ1n) is 6.70. The molecule has 2 aromatic rings. The van der Waals surface area contributed by atoms with Gasteiger partial charge in [-0.2, -0.15) is 9.36 Å². The summed E-state index contributed by atoms with van der Waals surface area (Å²) < 4.78 is 15.1. The van der Waals surface area contributed by atoms with Gasteiger partial charge in [0.2, 0.25) is 0 Å². The molecular weight excluding hydrogens is 272 g/mol. The van der Waals surface area contributed by atoms with Crippen LogP contribution in [0.2, 0.25) is 0 Å². The van der Waals surface area contributed by atoms with E-state index in [1.165, 1.54) is 17.1 Å². The maximum Gasteiger partial charge on any atom is 0.298 e. The van der Waals surface area contributed by atoms with Gasteiger partial charge in [0.05, 0.1) is 6.61 Å². The highest BCUT2D eigenvalue weighted by Crippen LogP contribution is 2.29. The van der Waals surface area contributed by atoms with E-state index in [4.69, 9.17) is 9.47 Å². The largest absolute Gasteiger partial charge is 0.430 e. The molecule has 108 valence electrons. The molecule has 0 unspecified atom stereocenters. The van der Waals surface area contributed by atoms with Crippen LogP contribution in [-0.2, 0) is 11.2 Å². The van der Waals surface area contributed by atoms with Gasteiger partial charge in [-0.15, -0.1) is 0 Å². The summed E-state index contributed by atoms with van der Waals surface area (Å²) in [5.74, 6) is 2.10. The van der Waals surface area contributed by atoms with Crippen LogP contribution in [0, 0.1) is 6.92 Å². The van der Waals surface area contributed by atoms with E-state index >= 15 is 0 Å². The van der Waals surface area contributed by atoms with Crippen LogP contribution in [0.1, 0.15) is 36.7 Å². The lowest BCUT2D eigenvalue weighted by Crippen LogP contribution is -1.96. The molecule has 1 aromatic carbocycles. The second-order valence-electron chi connectivity index (χ2n) is 5.00. The predicted octanol–water partition coefficient (Wildman–Crippen LogP) is 3.95. The molecule has 0 aliphatic rings. The minimum atomic E-state index is 0.477. The van der Waals surface area contributed by atoms with Gasteiger partial charge in [0.25, 0.3) is 5.19 Å². The summed E-state index contributed by atoms with van der Waals surface area (Å²) in [5.41, 5.74) is 2.36. The zero-order chi connectivity index (χ0) is 14.5. The van der Waals surface area contributed by atoms with E-state index in [0.29, 0.717) is 24.1 Å². The van der Waals surface area contributed by atoms with Crippen molar-refractivity contribution < 1.29 is 9.47 Å². The van der Waals surface area contributed by atoms with E-state index in [-0.39, 0.29) is 0 Å². The molecule has 0 saturated heterocycles. The van der Waals surface area contributed by atoms with Gasteiger partial charge in [-0.25, -0.2) is 0 Å². The molecule has 0 amide bonds. The average Bonchev–Trinajstić information content (AvgIpc) is 2.86. The minimum absolute atomic E-state index is 0.477. The molecule has 0 N–H and O–H groups in total. The van der Waals surface area contributed by atoms with Crippen LogP contribution in [0.5, 0.6) is 10.9 Å². The molecule has 0 radical (unpaired) electrons. The third kappa shape index (κ3) is 3.77. The lowest BCUT2D eigenvalue weighted by Gasteiger charge is -2.10. The zero-order valence-electron chi connectivity index (χ0n) is 12.3. The Kier molecular flexibility index (Phi) is 5.09. The Morgan fingerprint density at radius 2 is 2.10 bits per heavy atom. The highest BCUT2D eigenvalue weighted by molar-refractivity contribution is 7.07. The van der Waals surface area contributed by atoms with Gasteiger partial charge in [-0.1, -0.05) is 26.0 Å². The van der Waals surface area contributed by atoms with Crippen molar-refractivity contribution in [3.05, 3.63) is 35.2 Å². The fourth-order valence-electron chi connectivity index (χ4n) is 1.75. The molecule has 20 heavy (non-hydrogen) atoms. The molecule has 1 heterocycles. The summed E-state index contributed by atoms with van der Waals surface area (Å²) in [5, 5.41) is 0.583. The Labute approximate surface area is 123 Å². The number of hydrogen-bond acceptors (Lipinski definition) is 5. The molecule has 5 heteroatoms. The Hall–Kier alpha value is -1.46. The van der Waals surface area contributed by atoms with Crippen molar-refractivity contribution in [1.29, 1.82) is 0 Å². The normalized spacial score (nSPS) is 11.1. The van der Waals surface area contributed by atoms with Crippen LogP contribution in [-0.4, -0.2) is 23.1 Å². The number of ether oxygens (including phenoxy) is 2. The first kappa shape index (κ1) is 14.9.